The lowest BCUT2D eigenvalue weighted by Crippen LogP contribution is -2.52. The summed E-state index contributed by atoms with van der Waals surface area (Å²) in [6, 6.07) is 5.73. The van der Waals surface area contributed by atoms with E-state index in [9.17, 15) is 13.2 Å². The summed E-state index contributed by atoms with van der Waals surface area (Å²) >= 11 is 0. The average molecular weight is 408 g/mol. The van der Waals surface area contributed by atoms with Crippen molar-refractivity contribution in [3.05, 3.63) is 29.3 Å². The quantitative estimate of drug-likeness (QED) is 0.813. The van der Waals surface area contributed by atoms with E-state index < -0.39 is 10.0 Å². The van der Waals surface area contributed by atoms with Gasteiger partial charge in [-0.3, -0.25) is 9.69 Å². The Labute approximate surface area is 169 Å². The van der Waals surface area contributed by atoms with Gasteiger partial charge in [0.1, 0.15) is 0 Å². The zero-order chi connectivity index (χ0) is 20.3. The van der Waals surface area contributed by atoms with Crippen LogP contribution in [0.15, 0.2) is 23.1 Å². The van der Waals surface area contributed by atoms with E-state index in [2.05, 4.69) is 17.1 Å². The fourth-order valence-electron chi connectivity index (χ4n) is 4.34. The third kappa shape index (κ3) is 4.93. The number of rotatable bonds is 5. The molecule has 0 aromatic heterocycles. The van der Waals surface area contributed by atoms with Crippen molar-refractivity contribution in [2.24, 2.45) is 5.92 Å². The Morgan fingerprint density at radius 3 is 2.43 bits per heavy atom. The van der Waals surface area contributed by atoms with Crippen molar-refractivity contribution < 1.29 is 13.2 Å². The van der Waals surface area contributed by atoms with E-state index in [1.165, 1.54) is 19.3 Å². The zero-order valence-corrected chi connectivity index (χ0v) is 18.1. The highest BCUT2D eigenvalue weighted by atomic mass is 32.2. The summed E-state index contributed by atoms with van der Waals surface area (Å²) in [7, 11) is -3.49. The smallest absolute Gasteiger partial charge is 0.243 e. The van der Waals surface area contributed by atoms with Gasteiger partial charge >= 0.3 is 0 Å². The summed E-state index contributed by atoms with van der Waals surface area (Å²) < 4.78 is 27.5. The first-order valence-electron chi connectivity index (χ1n) is 10.4. The molecule has 6 nitrogen and oxygen atoms in total. The molecule has 0 spiro atoms. The van der Waals surface area contributed by atoms with Crippen molar-refractivity contribution in [3.63, 3.8) is 0 Å². The van der Waals surface area contributed by atoms with Crippen LogP contribution in [-0.4, -0.2) is 62.3 Å². The number of carbonyl (C=O) groups is 1. The summed E-state index contributed by atoms with van der Waals surface area (Å²) in [5, 5.41) is 3.18. The Balaban J connectivity index is 1.53. The van der Waals surface area contributed by atoms with Gasteiger partial charge in [-0.15, -0.1) is 0 Å². The molecule has 1 saturated heterocycles. The van der Waals surface area contributed by atoms with Crippen LogP contribution in [-0.2, 0) is 14.8 Å². The average Bonchev–Trinajstić information content (AvgIpc) is 2.64. The first-order valence-corrected chi connectivity index (χ1v) is 11.8. The molecule has 2 fully saturated rings. The van der Waals surface area contributed by atoms with Gasteiger partial charge in [0.2, 0.25) is 15.9 Å². The molecule has 156 valence electrons. The van der Waals surface area contributed by atoms with E-state index in [1.807, 2.05) is 26.0 Å². The topological polar surface area (TPSA) is 69.7 Å². The van der Waals surface area contributed by atoms with Crippen LogP contribution in [0.3, 0.4) is 0 Å². The minimum absolute atomic E-state index is 0.0597. The third-order valence-corrected chi connectivity index (χ3v) is 8.16. The minimum atomic E-state index is -3.49. The molecule has 1 amide bonds. The summed E-state index contributed by atoms with van der Waals surface area (Å²) in [5.41, 5.74) is 1.84. The molecule has 1 aromatic rings. The Kier molecular flexibility index (Phi) is 6.78. The lowest BCUT2D eigenvalue weighted by molar-refractivity contribution is -0.123. The standard InChI is InChI=1S/C21H33N3O3S/c1-16-8-9-20(18(3)14-16)28(26,27)24-12-10-23(11-13-24)15-21(25)22-19-7-5-4-6-17(19)2/h8-9,14,17,19H,4-7,10-13,15H2,1-3H3,(H,22,25)/t17-,19+/m1/s1. The maximum atomic E-state index is 13.0. The molecule has 0 radical (unpaired) electrons. The molecule has 7 heteroatoms. The second-order valence-corrected chi connectivity index (χ2v) is 10.3. The molecular weight excluding hydrogens is 374 g/mol. The van der Waals surface area contributed by atoms with Gasteiger partial charge in [-0.25, -0.2) is 8.42 Å². The van der Waals surface area contributed by atoms with Crippen molar-refractivity contribution in [3.8, 4) is 0 Å². The summed E-state index contributed by atoms with van der Waals surface area (Å²) in [4.78, 5) is 14.9. The first kappa shape index (κ1) is 21.3. The largest absolute Gasteiger partial charge is 0.352 e. The second kappa shape index (κ2) is 8.93. The van der Waals surface area contributed by atoms with Gasteiger partial charge in [0.15, 0.2) is 0 Å². The number of sulfonamides is 1. The molecule has 1 aliphatic heterocycles. The number of amides is 1. The molecule has 2 aliphatic rings. The molecule has 0 unspecified atom stereocenters. The number of carbonyl (C=O) groups excluding carboxylic acids is 1. The fraction of sp³-hybridized carbons (Fsp3) is 0.667. The predicted molar refractivity (Wildman–Crippen MR) is 111 cm³/mol. The normalized spacial score (nSPS) is 24.8. The highest BCUT2D eigenvalue weighted by molar-refractivity contribution is 7.89. The predicted octanol–water partition coefficient (Wildman–Crippen LogP) is 2.30. The van der Waals surface area contributed by atoms with Crippen LogP contribution in [0, 0.1) is 19.8 Å². The van der Waals surface area contributed by atoms with Crippen LogP contribution in [0.5, 0.6) is 0 Å². The molecule has 1 N–H and O–H groups in total. The lowest BCUT2D eigenvalue weighted by Gasteiger charge is -2.35. The summed E-state index contributed by atoms with van der Waals surface area (Å²) in [6.45, 7) is 8.36. The number of benzene rings is 1. The zero-order valence-electron chi connectivity index (χ0n) is 17.3. The fourth-order valence-corrected chi connectivity index (χ4v) is 5.97. The van der Waals surface area contributed by atoms with Crippen LogP contribution in [0.25, 0.3) is 0 Å². The number of nitrogens with one attached hydrogen (secondary N) is 1. The molecule has 1 aromatic carbocycles. The van der Waals surface area contributed by atoms with Gasteiger partial charge in [0.05, 0.1) is 11.4 Å². The molecule has 1 heterocycles. The van der Waals surface area contributed by atoms with E-state index in [1.54, 1.807) is 10.4 Å². The van der Waals surface area contributed by atoms with E-state index in [-0.39, 0.29) is 11.9 Å². The minimum Gasteiger partial charge on any atom is -0.352 e. The Morgan fingerprint density at radius 1 is 1.11 bits per heavy atom. The van der Waals surface area contributed by atoms with Crippen molar-refractivity contribution in [2.45, 2.75) is 57.4 Å². The Hall–Kier alpha value is -1.44. The maximum absolute atomic E-state index is 13.0. The Morgan fingerprint density at radius 2 is 1.79 bits per heavy atom. The molecule has 0 bridgehead atoms. The molecule has 2 atom stereocenters. The summed E-state index contributed by atoms with van der Waals surface area (Å²) in [5.74, 6) is 0.599. The first-order chi connectivity index (χ1) is 13.3. The molecule has 28 heavy (non-hydrogen) atoms. The van der Waals surface area contributed by atoms with Crippen molar-refractivity contribution in [1.82, 2.24) is 14.5 Å². The number of hydrogen-bond acceptors (Lipinski definition) is 4. The molecule has 1 saturated carbocycles. The number of hydrogen-bond donors (Lipinski definition) is 1. The maximum Gasteiger partial charge on any atom is 0.243 e. The second-order valence-electron chi connectivity index (χ2n) is 8.38. The van der Waals surface area contributed by atoms with E-state index in [4.69, 9.17) is 0 Å². The van der Waals surface area contributed by atoms with Gasteiger partial charge < -0.3 is 5.32 Å². The monoisotopic (exact) mass is 407 g/mol. The van der Waals surface area contributed by atoms with Gasteiger partial charge in [0.25, 0.3) is 0 Å². The number of nitrogens with zero attached hydrogens (tertiary/aromatic N) is 2. The van der Waals surface area contributed by atoms with Crippen molar-refractivity contribution in [1.29, 1.82) is 0 Å². The Bertz CT molecular complexity index is 801. The van der Waals surface area contributed by atoms with E-state index >= 15 is 0 Å². The van der Waals surface area contributed by atoms with Crippen LogP contribution in [0.1, 0.15) is 43.7 Å². The SMILES string of the molecule is Cc1ccc(S(=O)(=O)N2CCN(CC(=O)N[C@H]3CCCC[C@H]3C)CC2)c(C)c1. The molecular formula is C21H33N3O3S. The van der Waals surface area contributed by atoms with Gasteiger partial charge in [-0.05, 0) is 44.2 Å². The highest BCUT2D eigenvalue weighted by Crippen LogP contribution is 2.24. The molecule has 3 rings (SSSR count). The van der Waals surface area contributed by atoms with Crippen LogP contribution < -0.4 is 5.32 Å². The van der Waals surface area contributed by atoms with Crippen LogP contribution in [0.4, 0.5) is 0 Å². The van der Waals surface area contributed by atoms with Crippen LogP contribution >= 0.6 is 0 Å². The van der Waals surface area contributed by atoms with Crippen molar-refractivity contribution in [2.75, 3.05) is 32.7 Å². The van der Waals surface area contributed by atoms with E-state index in [0.29, 0.717) is 43.5 Å². The van der Waals surface area contributed by atoms with Gasteiger partial charge in [-0.2, -0.15) is 4.31 Å². The molecule has 1 aliphatic carbocycles. The van der Waals surface area contributed by atoms with Gasteiger partial charge in [0, 0.05) is 32.2 Å². The highest BCUT2D eigenvalue weighted by Gasteiger charge is 2.30. The van der Waals surface area contributed by atoms with E-state index in [0.717, 1.165) is 17.5 Å². The van der Waals surface area contributed by atoms with Gasteiger partial charge in [-0.1, -0.05) is 37.5 Å². The van der Waals surface area contributed by atoms with Crippen molar-refractivity contribution >= 4 is 15.9 Å². The number of aryl methyl sites for hydroxylation is 2. The number of piperazine rings is 1. The lowest BCUT2D eigenvalue weighted by atomic mass is 9.86. The summed E-state index contributed by atoms with van der Waals surface area (Å²) in [6.07, 6.45) is 4.68. The third-order valence-electron chi connectivity index (χ3n) is 6.10. The van der Waals surface area contributed by atoms with Crippen LogP contribution in [0.2, 0.25) is 0 Å².